The second-order valence-electron chi connectivity index (χ2n) is 5.06. The van der Waals surface area contributed by atoms with Crippen LogP contribution in [0.4, 0.5) is 0 Å². The lowest BCUT2D eigenvalue weighted by Gasteiger charge is -2.04. The zero-order valence-electron chi connectivity index (χ0n) is 13.2. The molecule has 24 heavy (non-hydrogen) atoms. The number of carbonyl (C=O) groups excluding carboxylic acids is 1. The highest BCUT2D eigenvalue weighted by Crippen LogP contribution is 2.21. The van der Waals surface area contributed by atoms with Gasteiger partial charge in [-0.15, -0.1) is 0 Å². The van der Waals surface area contributed by atoms with Crippen LogP contribution in [0.2, 0.25) is 0 Å². The molecule has 1 amide bonds. The topological polar surface area (TPSA) is 68.0 Å². The normalized spacial score (nSPS) is 11.1. The van der Waals surface area contributed by atoms with Crippen molar-refractivity contribution in [3.8, 4) is 5.75 Å². The number of aryl methyl sites for hydroxylation is 1. The number of methoxy groups -OCH3 is 1. The van der Waals surface area contributed by atoms with Crippen molar-refractivity contribution in [2.24, 2.45) is 5.10 Å². The molecular formula is C17H15BrN4O2. The van der Waals surface area contributed by atoms with E-state index < -0.39 is 0 Å². The molecule has 0 aliphatic heterocycles. The molecule has 0 aliphatic rings. The summed E-state index contributed by atoms with van der Waals surface area (Å²) in [4.78, 5) is 16.6. The van der Waals surface area contributed by atoms with Gasteiger partial charge >= 0.3 is 0 Å². The summed E-state index contributed by atoms with van der Waals surface area (Å²) in [5.41, 5.74) is 5.08. The Kier molecular flexibility index (Phi) is 4.61. The van der Waals surface area contributed by atoms with E-state index in [-0.39, 0.29) is 5.91 Å². The summed E-state index contributed by atoms with van der Waals surface area (Å²) in [5.74, 6) is 0.307. The molecule has 122 valence electrons. The summed E-state index contributed by atoms with van der Waals surface area (Å²) < 4.78 is 8.01. The molecule has 3 rings (SSSR count). The number of imidazole rings is 1. The molecule has 0 saturated heterocycles. The lowest BCUT2D eigenvalue weighted by molar-refractivity contribution is 0.0950. The zero-order valence-corrected chi connectivity index (χ0v) is 14.7. The van der Waals surface area contributed by atoms with Crippen molar-refractivity contribution < 1.29 is 9.53 Å². The van der Waals surface area contributed by atoms with Crippen molar-refractivity contribution in [1.29, 1.82) is 0 Å². The Balaban J connectivity index is 1.80. The SMILES string of the molecule is COc1ccc(Br)cc1C=NNC(=O)c1nc2ccccn2c1C. The smallest absolute Gasteiger partial charge is 0.291 e. The molecule has 1 aromatic carbocycles. The van der Waals surface area contributed by atoms with Crippen molar-refractivity contribution in [1.82, 2.24) is 14.8 Å². The second-order valence-corrected chi connectivity index (χ2v) is 5.98. The van der Waals surface area contributed by atoms with Gasteiger partial charge in [-0.3, -0.25) is 4.79 Å². The summed E-state index contributed by atoms with van der Waals surface area (Å²) in [6.07, 6.45) is 3.40. The number of pyridine rings is 1. The van der Waals surface area contributed by atoms with Gasteiger partial charge in [0.05, 0.1) is 19.0 Å². The Morgan fingerprint density at radius 2 is 2.21 bits per heavy atom. The predicted molar refractivity (Wildman–Crippen MR) is 95.7 cm³/mol. The van der Waals surface area contributed by atoms with E-state index in [2.05, 4.69) is 31.4 Å². The zero-order chi connectivity index (χ0) is 17.1. The lowest BCUT2D eigenvalue weighted by Crippen LogP contribution is -2.19. The first kappa shape index (κ1) is 16.2. The third-order valence-electron chi connectivity index (χ3n) is 3.55. The third-order valence-corrected chi connectivity index (χ3v) is 4.04. The number of aromatic nitrogens is 2. The van der Waals surface area contributed by atoms with Gasteiger partial charge in [0.15, 0.2) is 5.69 Å². The Morgan fingerprint density at radius 1 is 1.38 bits per heavy atom. The predicted octanol–water partition coefficient (Wildman–Crippen LogP) is 3.18. The number of hydrogen-bond acceptors (Lipinski definition) is 4. The molecule has 2 aromatic heterocycles. The average Bonchev–Trinajstić information content (AvgIpc) is 2.92. The van der Waals surface area contributed by atoms with Crippen LogP contribution in [0.3, 0.4) is 0 Å². The van der Waals surface area contributed by atoms with E-state index >= 15 is 0 Å². The number of halogens is 1. The van der Waals surface area contributed by atoms with Crippen LogP contribution in [0.15, 0.2) is 52.2 Å². The molecular weight excluding hydrogens is 372 g/mol. The minimum absolute atomic E-state index is 0.347. The molecule has 0 bridgehead atoms. The van der Waals surface area contributed by atoms with Gasteiger partial charge in [-0.2, -0.15) is 5.10 Å². The number of amides is 1. The van der Waals surface area contributed by atoms with Gasteiger partial charge in [-0.05, 0) is 37.3 Å². The van der Waals surface area contributed by atoms with Crippen molar-refractivity contribution in [3.63, 3.8) is 0 Å². The summed E-state index contributed by atoms with van der Waals surface area (Å²) in [5, 5.41) is 4.00. The number of ether oxygens (including phenoxy) is 1. The van der Waals surface area contributed by atoms with Crippen LogP contribution in [-0.4, -0.2) is 28.6 Å². The molecule has 0 aliphatic carbocycles. The van der Waals surface area contributed by atoms with Crippen molar-refractivity contribution >= 4 is 33.7 Å². The van der Waals surface area contributed by atoms with Crippen molar-refractivity contribution in [2.75, 3.05) is 7.11 Å². The highest BCUT2D eigenvalue weighted by molar-refractivity contribution is 9.10. The fourth-order valence-electron chi connectivity index (χ4n) is 2.35. The van der Waals surface area contributed by atoms with Crippen LogP contribution in [0.5, 0.6) is 5.75 Å². The van der Waals surface area contributed by atoms with Crippen LogP contribution < -0.4 is 10.2 Å². The Bertz CT molecular complexity index is 933. The van der Waals surface area contributed by atoms with E-state index in [1.807, 2.05) is 53.9 Å². The Hall–Kier alpha value is -2.67. The average molecular weight is 387 g/mol. The van der Waals surface area contributed by atoms with E-state index in [9.17, 15) is 4.79 Å². The maximum absolute atomic E-state index is 12.3. The molecule has 0 unspecified atom stereocenters. The van der Waals surface area contributed by atoms with Gasteiger partial charge in [-0.25, -0.2) is 10.4 Å². The molecule has 0 saturated carbocycles. The Morgan fingerprint density at radius 3 is 2.96 bits per heavy atom. The molecule has 0 radical (unpaired) electrons. The van der Waals surface area contributed by atoms with Gasteiger partial charge in [0, 0.05) is 16.2 Å². The number of carbonyl (C=O) groups is 1. The quantitative estimate of drug-likeness (QED) is 0.552. The van der Waals surface area contributed by atoms with E-state index in [0.717, 1.165) is 21.4 Å². The first-order valence-electron chi connectivity index (χ1n) is 7.21. The van der Waals surface area contributed by atoms with E-state index in [0.29, 0.717) is 11.4 Å². The van der Waals surface area contributed by atoms with Crippen molar-refractivity contribution in [2.45, 2.75) is 6.92 Å². The second kappa shape index (κ2) is 6.84. The minimum atomic E-state index is -0.360. The number of benzene rings is 1. The summed E-state index contributed by atoms with van der Waals surface area (Å²) in [6.45, 7) is 1.84. The molecule has 3 aromatic rings. The number of nitrogens with zero attached hydrogens (tertiary/aromatic N) is 3. The summed E-state index contributed by atoms with van der Waals surface area (Å²) >= 11 is 3.39. The van der Waals surface area contributed by atoms with E-state index in [1.165, 1.54) is 6.21 Å². The molecule has 2 heterocycles. The molecule has 1 N–H and O–H groups in total. The van der Waals surface area contributed by atoms with Crippen LogP contribution in [0.25, 0.3) is 5.65 Å². The highest BCUT2D eigenvalue weighted by atomic mass is 79.9. The Labute approximate surface area is 147 Å². The van der Waals surface area contributed by atoms with Gasteiger partial charge < -0.3 is 9.14 Å². The number of hydrogen-bond donors (Lipinski definition) is 1. The monoisotopic (exact) mass is 386 g/mol. The number of fused-ring (bicyclic) bond motifs is 1. The minimum Gasteiger partial charge on any atom is -0.496 e. The standard InChI is InChI=1S/C17H15BrN4O2/c1-11-16(20-15-5-3-4-8-22(11)15)17(23)21-19-10-12-9-13(18)6-7-14(12)24-2/h3-10H,1-2H3,(H,21,23). The fourth-order valence-corrected chi connectivity index (χ4v) is 2.73. The third kappa shape index (κ3) is 3.16. The summed E-state index contributed by atoms with van der Waals surface area (Å²) in [7, 11) is 1.58. The maximum Gasteiger partial charge on any atom is 0.291 e. The van der Waals surface area contributed by atoms with E-state index in [1.54, 1.807) is 7.11 Å². The maximum atomic E-state index is 12.3. The van der Waals surface area contributed by atoms with Crippen LogP contribution >= 0.6 is 15.9 Å². The van der Waals surface area contributed by atoms with Crippen molar-refractivity contribution in [3.05, 3.63) is 64.0 Å². The van der Waals surface area contributed by atoms with Gasteiger partial charge in [0.1, 0.15) is 11.4 Å². The molecule has 0 fully saturated rings. The van der Waals surface area contributed by atoms with Gasteiger partial charge in [0.25, 0.3) is 5.91 Å². The largest absolute Gasteiger partial charge is 0.496 e. The van der Waals surface area contributed by atoms with Crippen LogP contribution in [-0.2, 0) is 0 Å². The first-order valence-corrected chi connectivity index (χ1v) is 8.00. The summed E-state index contributed by atoms with van der Waals surface area (Å²) in [6, 6.07) is 11.2. The lowest BCUT2D eigenvalue weighted by atomic mass is 10.2. The molecule has 7 heteroatoms. The fraction of sp³-hybridized carbons (Fsp3) is 0.118. The number of hydrazone groups is 1. The molecule has 6 nitrogen and oxygen atoms in total. The number of nitrogens with one attached hydrogen (secondary N) is 1. The molecule has 0 spiro atoms. The van der Waals surface area contributed by atoms with Gasteiger partial charge in [0.2, 0.25) is 0 Å². The van der Waals surface area contributed by atoms with Crippen LogP contribution in [0.1, 0.15) is 21.7 Å². The van der Waals surface area contributed by atoms with Gasteiger partial charge in [-0.1, -0.05) is 22.0 Å². The molecule has 0 atom stereocenters. The first-order chi connectivity index (χ1) is 11.6. The van der Waals surface area contributed by atoms with Crippen LogP contribution in [0, 0.1) is 6.92 Å². The number of rotatable bonds is 4. The highest BCUT2D eigenvalue weighted by Gasteiger charge is 2.14. The van der Waals surface area contributed by atoms with E-state index in [4.69, 9.17) is 4.74 Å².